The van der Waals surface area contributed by atoms with E-state index in [0.717, 1.165) is 15.9 Å². The first-order chi connectivity index (χ1) is 12.8. The average Bonchev–Trinajstić information content (AvgIpc) is 3.15. The van der Waals surface area contributed by atoms with Gasteiger partial charge < -0.3 is 10.6 Å². The van der Waals surface area contributed by atoms with Crippen molar-refractivity contribution in [1.82, 2.24) is 19.6 Å². The third-order valence-electron chi connectivity index (χ3n) is 3.94. The van der Waals surface area contributed by atoms with Crippen LogP contribution in [0.5, 0.6) is 0 Å². The van der Waals surface area contributed by atoms with Gasteiger partial charge in [-0.15, -0.1) is 0 Å². The number of amides is 2. The highest BCUT2D eigenvalue weighted by Gasteiger charge is 2.13. The zero-order valence-corrected chi connectivity index (χ0v) is 16.7. The highest BCUT2D eigenvalue weighted by Crippen LogP contribution is 2.20. The van der Waals surface area contributed by atoms with Gasteiger partial charge in [-0.05, 0) is 54.0 Å². The van der Waals surface area contributed by atoms with Crippen molar-refractivity contribution in [2.45, 2.75) is 20.4 Å². The highest BCUT2D eigenvalue weighted by molar-refractivity contribution is 9.10. The summed E-state index contributed by atoms with van der Waals surface area (Å²) in [6, 6.07) is 8.58. The maximum atomic E-state index is 12.3. The Kier molecular flexibility index (Phi) is 5.41. The van der Waals surface area contributed by atoms with Gasteiger partial charge in [0, 0.05) is 24.6 Å². The molecule has 3 aromatic rings. The molecule has 0 radical (unpaired) electrons. The molecule has 0 saturated carbocycles. The van der Waals surface area contributed by atoms with E-state index < -0.39 is 0 Å². The summed E-state index contributed by atoms with van der Waals surface area (Å²) in [4.78, 5) is 24.5. The fourth-order valence-electron chi connectivity index (χ4n) is 2.57. The van der Waals surface area contributed by atoms with Crippen LogP contribution in [0, 0.1) is 13.8 Å². The maximum Gasteiger partial charge on any atom is 0.276 e. The van der Waals surface area contributed by atoms with E-state index in [1.54, 1.807) is 52.9 Å². The summed E-state index contributed by atoms with van der Waals surface area (Å²) in [5.74, 6) is -0.520. The number of hydrogen-bond donors (Lipinski definition) is 2. The number of aromatic nitrogens is 4. The zero-order chi connectivity index (χ0) is 19.6. The molecule has 0 fully saturated rings. The lowest BCUT2D eigenvalue weighted by Gasteiger charge is -2.09. The van der Waals surface area contributed by atoms with E-state index in [2.05, 4.69) is 36.8 Å². The van der Waals surface area contributed by atoms with E-state index >= 15 is 0 Å². The predicted octanol–water partition coefficient (Wildman–Crippen LogP) is 2.89. The van der Waals surface area contributed by atoms with Crippen molar-refractivity contribution in [3.05, 3.63) is 58.1 Å². The van der Waals surface area contributed by atoms with Crippen LogP contribution in [0.1, 0.15) is 21.9 Å². The maximum absolute atomic E-state index is 12.3. The minimum atomic E-state index is -0.313. The molecular formula is C18H19BrN6O2. The molecule has 2 aromatic heterocycles. The zero-order valence-electron chi connectivity index (χ0n) is 15.2. The fourth-order valence-corrected chi connectivity index (χ4v) is 2.86. The van der Waals surface area contributed by atoms with E-state index in [1.165, 1.54) is 0 Å². The van der Waals surface area contributed by atoms with Gasteiger partial charge in [0.15, 0.2) is 5.69 Å². The van der Waals surface area contributed by atoms with Crippen LogP contribution < -0.4 is 10.6 Å². The van der Waals surface area contributed by atoms with Crippen molar-refractivity contribution >= 4 is 39.1 Å². The summed E-state index contributed by atoms with van der Waals surface area (Å²) in [6.07, 6.45) is 1.70. The smallest absolute Gasteiger partial charge is 0.276 e. The topological polar surface area (TPSA) is 93.8 Å². The van der Waals surface area contributed by atoms with Crippen LogP contribution in [0.25, 0.3) is 0 Å². The van der Waals surface area contributed by atoms with Crippen LogP contribution >= 0.6 is 15.9 Å². The molecule has 0 aliphatic carbocycles. The molecule has 0 aliphatic rings. The summed E-state index contributed by atoms with van der Waals surface area (Å²) >= 11 is 3.45. The lowest BCUT2D eigenvalue weighted by atomic mass is 10.2. The van der Waals surface area contributed by atoms with Crippen molar-refractivity contribution in [2.24, 2.45) is 7.05 Å². The largest absolute Gasteiger partial charge is 0.324 e. The molecule has 3 rings (SSSR count). The van der Waals surface area contributed by atoms with Crippen molar-refractivity contribution in [3.63, 3.8) is 0 Å². The number of benzene rings is 1. The molecule has 9 heteroatoms. The summed E-state index contributed by atoms with van der Waals surface area (Å²) < 4.78 is 4.10. The van der Waals surface area contributed by atoms with Gasteiger partial charge in [0.2, 0.25) is 5.91 Å². The van der Waals surface area contributed by atoms with Gasteiger partial charge in [0.05, 0.1) is 15.9 Å². The summed E-state index contributed by atoms with van der Waals surface area (Å²) in [5.41, 5.74) is 3.19. The lowest BCUT2D eigenvalue weighted by molar-refractivity contribution is -0.116. The van der Waals surface area contributed by atoms with Gasteiger partial charge in [0.25, 0.3) is 5.91 Å². The second-order valence-corrected chi connectivity index (χ2v) is 6.89. The predicted molar refractivity (Wildman–Crippen MR) is 106 cm³/mol. The summed E-state index contributed by atoms with van der Waals surface area (Å²) in [5, 5.41) is 14.0. The van der Waals surface area contributed by atoms with Crippen molar-refractivity contribution in [3.8, 4) is 0 Å². The molecule has 8 nitrogen and oxygen atoms in total. The molecule has 2 heterocycles. The number of nitrogens with one attached hydrogen (secondary N) is 2. The molecule has 27 heavy (non-hydrogen) atoms. The number of nitrogens with zero attached hydrogens (tertiary/aromatic N) is 4. The Labute approximate surface area is 164 Å². The molecular weight excluding hydrogens is 412 g/mol. The van der Waals surface area contributed by atoms with Gasteiger partial charge in [-0.1, -0.05) is 6.07 Å². The Morgan fingerprint density at radius 2 is 1.81 bits per heavy atom. The molecule has 140 valence electrons. The van der Waals surface area contributed by atoms with Gasteiger partial charge in [-0.2, -0.15) is 10.2 Å². The first-order valence-corrected chi connectivity index (χ1v) is 9.03. The first kappa shape index (κ1) is 18.8. The number of halogens is 1. The fraction of sp³-hybridized carbons (Fsp3) is 0.222. The molecule has 0 atom stereocenters. The SMILES string of the molecule is Cc1nn(CC(=O)Nc2cccc(NC(=O)c3ccn(C)n3)c2)c(C)c1Br. The van der Waals surface area contributed by atoms with Crippen LogP contribution in [-0.2, 0) is 18.4 Å². The Morgan fingerprint density at radius 1 is 1.11 bits per heavy atom. The normalized spacial score (nSPS) is 10.7. The molecule has 0 saturated heterocycles. The monoisotopic (exact) mass is 430 g/mol. The van der Waals surface area contributed by atoms with E-state index in [0.29, 0.717) is 17.1 Å². The quantitative estimate of drug-likeness (QED) is 0.650. The number of hydrogen-bond acceptors (Lipinski definition) is 4. The van der Waals surface area contributed by atoms with E-state index in [-0.39, 0.29) is 18.4 Å². The van der Waals surface area contributed by atoms with Crippen LogP contribution in [-0.4, -0.2) is 31.4 Å². The lowest BCUT2D eigenvalue weighted by Crippen LogP contribution is -2.20. The van der Waals surface area contributed by atoms with Crippen LogP contribution in [0.15, 0.2) is 41.0 Å². The van der Waals surface area contributed by atoms with E-state index in [4.69, 9.17) is 0 Å². The molecule has 1 aromatic carbocycles. The Balaban J connectivity index is 1.65. The van der Waals surface area contributed by atoms with Gasteiger partial charge in [-0.3, -0.25) is 19.0 Å². The number of aryl methyl sites for hydroxylation is 2. The Morgan fingerprint density at radius 3 is 2.41 bits per heavy atom. The second kappa shape index (κ2) is 7.75. The highest BCUT2D eigenvalue weighted by atomic mass is 79.9. The summed E-state index contributed by atoms with van der Waals surface area (Å²) in [7, 11) is 1.74. The molecule has 2 N–H and O–H groups in total. The minimum Gasteiger partial charge on any atom is -0.324 e. The van der Waals surface area contributed by atoms with E-state index in [9.17, 15) is 9.59 Å². The molecule has 0 spiro atoms. The molecule has 0 bridgehead atoms. The number of carbonyl (C=O) groups excluding carboxylic acids is 2. The number of rotatable bonds is 5. The van der Waals surface area contributed by atoms with Gasteiger partial charge >= 0.3 is 0 Å². The second-order valence-electron chi connectivity index (χ2n) is 6.10. The van der Waals surface area contributed by atoms with E-state index in [1.807, 2.05) is 13.8 Å². The standard InChI is InChI=1S/C18H19BrN6O2/c1-11-17(19)12(2)25(22-11)10-16(26)20-13-5-4-6-14(9-13)21-18(27)15-7-8-24(3)23-15/h4-9H,10H2,1-3H3,(H,20,26)(H,21,27). The van der Waals surface area contributed by atoms with Crippen molar-refractivity contribution < 1.29 is 9.59 Å². The number of carbonyl (C=O) groups is 2. The number of anilines is 2. The minimum absolute atomic E-state index is 0.1000. The Hall–Kier alpha value is -2.94. The van der Waals surface area contributed by atoms with Gasteiger partial charge in [0.1, 0.15) is 6.54 Å². The van der Waals surface area contributed by atoms with Gasteiger partial charge in [-0.25, -0.2) is 0 Å². The Bertz CT molecular complexity index is 1010. The molecule has 0 unspecified atom stereocenters. The van der Waals surface area contributed by atoms with Crippen LogP contribution in [0.4, 0.5) is 11.4 Å². The third-order valence-corrected chi connectivity index (χ3v) is 5.08. The molecule has 2 amide bonds. The van der Waals surface area contributed by atoms with Crippen LogP contribution in [0.3, 0.4) is 0 Å². The summed E-state index contributed by atoms with van der Waals surface area (Å²) in [6.45, 7) is 3.87. The molecule has 0 aliphatic heterocycles. The average molecular weight is 431 g/mol. The third kappa shape index (κ3) is 4.43. The van der Waals surface area contributed by atoms with Crippen LogP contribution in [0.2, 0.25) is 0 Å². The first-order valence-electron chi connectivity index (χ1n) is 8.24. The van der Waals surface area contributed by atoms with Crippen molar-refractivity contribution in [1.29, 1.82) is 0 Å². The van der Waals surface area contributed by atoms with Crippen molar-refractivity contribution in [2.75, 3.05) is 10.6 Å².